The van der Waals surface area contributed by atoms with E-state index in [9.17, 15) is 0 Å². The van der Waals surface area contributed by atoms with Crippen molar-refractivity contribution in [3.05, 3.63) is 12.3 Å². The van der Waals surface area contributed by atoms with Crippen LogP contribution in [0.1, 0.15) is 20.8 Å². The maximum Gasteiger partial charge on any atom is 0.254 e. The molecule has 1 heterocycles. The van der Waals surface area contributed by atoms with Gasteiger partial charge < -0.3 is 9.26 Å². The van der Waals surface area contributed by atoms with Crippen molar-refractivity contribution in [2.24, 2.45) is 5.41 Å². The van der Waals surface area contributed by atoms with E-state index in [4.69, 9.17) is 4.74 Å². The zero-order valence-electron chi connectivity index (χ0n) is 7.13. The van der Waals surface area contributed by atoms with Gasteiger partial charge in [0.25, 0.3) is 5.88 Å². The predicted octanol–water partition coefficient (Wildman–Crippen LogP) is 2.10. The largest absolute Gasteiger partial charge is 0.475 e. The third kappa shape index (κ3) is 3.07. The molecule has 0 radical (unpaired) electrons. The molecule has 0 bridgehead atoms. The van der Waals surface area contributed by atoms with Crippen LogP contribution in [0.25, 0.3) is 0 Å². The average molecular weight is 155 g/mol. The minimum Gasteiger partial charge on any atom is -0.475 e. The first-order chi connectivity index (χ1) is 5.08. The second-order valence-electron chi connectivity index (χ2n) is 3.69. The van der Waals surface area contributed by atoms with Gasteiger partial charge in [0.05, 0.1) is 6.61 Å². The Morgan fingerprint density at radius 2 is 2.27 bits per heavy atom. The lowest BCUT2D eigenvalue weighted by Gasteiger charge is -2.16. The van der Waals surface area contributed by atoms with Crippen LogP contribution < -0.4 is 4.74 Å². The fourth-order valence-corrected chi connectivity index (χ4v) is 0.566. The molecule has 0 aliphatic heterocycles. The fourth-order valence-electron chi connectivity index (χ4n) is 0.566. The van der Waals surface area contributed by atoms with Crippen LogP contribution in [0, 0.1) is 5.41 Å². The molecule has 11 heavy (non-hydrogen) atoms. The number of hydrogen-bond donors (Lipinski definition) is 0. The molecule has 0 fully saturated rings. The Labute approximate surface area is 66.3 Å². The van der Waals surface area contributed by atoms with Crippen LogP contribution in [0.5, 0.6) is 5.88 Å². The van der Waals surface area contributed by atoms with Gasteiger partial charge in [-0.25, -0.2) is 0 Å². The van der Waals surface area contributed by atoms with E-state index in [-0.39, 0.29) is 5.41 Å². The summed E-state index contributed by atoms with van der Waals surface area (Å²) in [5.74, 6) is 0.555. The number of hydrogen-bond acceptors (Lipinski definition) is 3. The number of nitrogens with zero attached hydrogens (tertiary/aromatic N) is 1. The van der Waals surface area contributed by atoms with Crippen LogP contribution in [0.15, 0.2) is 16.9 Å². The lowest BCUT2D eigenvalue weighted by molar-refractivity contribution is 0.183. The molecule has 0 unspecified atom stereocenters. The van der Waals surface area contributed by atoms with Crippen LogP contribution in [-0.4, -0.2) is 11.8 Å². The fraction of sp³-hybridized carbons (Fsp3) is 0.625. The molecule has 1 aromatic heterocycles. The van der Waals surface area contributed by atoms with E-state index in [1.165, 1.54) is 6.26 Å². The number of ether oxygens (including phenoxy) is 1. The smallest absolute Gasteiger partial charge is 0.254 e. The van der Waals surface area contributed by atoms with Crippen LogP contribution in [0.2, 0.25) is 0 Å². The number of rotatable bonds is 2. The summed E-state index contributed by atoms with van der Waals surface area (Å²) in [6.07, 6.45) is 1.50. The third-order valence-electron chi connectivity index (χ3n) is 1.07. The Morgan fingerprint density at radius 3 is 2.73 bits per heavy atom. The zero-order valence-corrected chi connectivity index (χ0v) is 7.13. The van der Waals surface area contributed by atoms with Crippen LogP contribution in [0.4, 0.5) is 0 Å². The van der Waals surface area contributed by atoms with Crippen molar-refractivity contribution in [2.45, 2.75) is 20.8 Å². The van der Waals surface area contributed by atoms with E-state index in [0.717, 1.165) is 0 Å². The minimum atomic E-state index is 0.166. The van der Waals surface area contributed by atoms with E-state index in [1.807, 2.05) is 0 Å². The first-order valence-electron chi connectivity index (χ1n) is 3.61. The zero-order chi connectivity index (χ0) is 8.32. The molecule has 62 valence electrons. The molecule has 3 nitrogen and oxygen atoms in total. The maximum atomic E-state index is 5.31. The van der Waals surface area contributed by atoms with E-state index in [2.05, 4.69) is 30.5 Å². The van der Waals surface area contributed by atoms with Gasteiger partial charge in [0.1, 0.15) is 6.26 Å². The normalized spacial score (nSPS) is 11.5. The summed E-state index contributed by atoms with van der Waals surface area (Å²) in [5.41, 5.74) is 0.166. The molecule has 0 amide bonds. The van der Waals surface area contributed by atoms with E-state index >= 15 is 0 Å². The van der Waals surface area contributed by atoms with Crippen LogP contribution in [-0.2, 0) is 0 Å². The Morgan fingerprint density at radius 1 is 1.55 bits per heavy atom. The van der Waals surface area contributed by atoms with Crippen LogP contribution >= 0.6 is 0 Å². The van der Waals surface area contributed by atoms with Gasteiger partial charge >= 0.3 is 0 Å². The molecule has 3 heteroatoms. The van der Waals surface area contributed by atoms with Gasteiger partial charge in [-0.05, 0) is 10.6 Å². The van der Waals surface area contributed by atoms with Gasteiger partial charge in [-0.1, -0.05) is 20.8 Å². The van der Waals surface area contributed by atoms with Crippen molar-refractivity contribution < 1.29 is 9.26 Å². The third-order valence-corrected chi connectivity index (χ3v) is 1.07. The molecule has 0 spiro atoms. The summed E-state index contributed by atoms with van der Waals surface area (Å²) >= 11 is 0. The predicted molar refractivity (Wildman–Crippen MR) is 41.5 cm³/mol. The Balaban J connectivity index is 2.35. The second-order valence-corrected chi connectivity index (χ2v) is 3.69. The lowest BCUT2D eigenvalue weighted by Crippen LogP contribution is -2.16. The summed E-state index contributed by atoms with van der Waals surface area (Å²) in [5, 5.41) is 3.62. The molecule has 1 rings (SSSR count). The van der Waals surface area contributed by atoms with E-state index in [1.54, 1.807) is 6.07 Å². The van der Waals surface area contributed by atoms with Crippen molar-refractivity contribution >= 4 is 0 Å². The summed E-state index contributed by atoms with van der Waals surface area (Å²) in [7, 11) is 0. The van der Waals surface area contributed by atoms with Gasteiger partial charge in [-0.15, -0.1) is 0 Å². The molecule has 0 aromatic carbocycles. The van der Waals surface area contributed by atoms with Gasteiger partial charge in [-0.3, -0.25) is 0 Å². The standard InChI is InChI=1S/C8H13NO2/c1-8(2,3)6-10-7-4-5-11-9-7/h4-5H,6H2,1-3H3. The molecule has 0 aliphatic carbocycles. The van der Waals surface area contributed by atoms with Gasteiger partial charge in [0.15, 0.2) is 0 Å². The highest BCUT2D eigenvalue weighted by atomic mass is 16.5. The SMILES string of the molecule is CC(C)(C)COc1ccon1. The quantitative estimate of drug-likeness (QED) is 0.656. The van der Waals surface area contributed by atoms with Crippen LogP contribution in [0.3, 0.4) is 0 Å². The molecule has 0 aliphatic rings. The number of aromatic nitrogens is 1. The highest BCUT2D eigenvalue weighted by molar-refractivity contribution is 5.01. The second kappa shape index (κ2) is 2.95. The molecule has 0 atom stereocenters. The van der Waals surface area contributed by atoms with E-state index < -0.39 is 0 Å². The monoisotopic (exact) mass is 155 g/mol. The Hall–Kier alpha value is -0.990. The van der Waals surface area contributed by atoms with Crippen molar-refractivity contribution in [3.63, 3.8) is 0 Å². The van der Waals surface area contributed by atoms with Gasteiger partial charge in [0.2, 0.25) is 0 Å². The summed E-state index contributed by atoms with van der Waals surface area (Å²) < 4.78 is 9.91. The molecule has 0 saturated carbocycles. The van der Waals surface area contributed by atoms with Crippen molar-refractivity contribution in [1.82, 2.24) is 5.16 Å². The molecule has 1 aromatic rings. The van der Waals surface area contributed by atoms with Crippen molar-refractivity contribution in [1.29, 1.82) is 0 Å². The molecule has 0 saturated heterocycles. The highest BCUT2D eigenvalue weighted by Gasteiger charge is 2.11. The van der Waals surface area contributed by atoms with Gasteiger partial charge in [-0.2, -0.15) is 0 Å². The summed E-state index contributed by atoms with van der Waals surface area (Å²) in [6, 6.07) is 1.70. The first kappa shape index (κ1) is 8.11. The average Bonchev–Trinajstić information content (AvgIpc) is 2.32. The van der Waals surface area contributed by atoms with Crippen molar-refractivity contribution in [2.75, 3.05) is 6.61 Å². The summed E-state index contributed by atoms with van der Waals surface area (Å²) in [6.45, 7) is 6.97. The topological polar surface area (TPSA) is 35.3 Å². The lowest BCUT2D eigenvalue weighted by atomic mass is 9.99. The summed E-state index contributed by atoms with van der Waals surface area (Å²) in [4.78, 5) is 0. The minimum absolute atomic E-state index is 0.166. The maximum absolute atomic E-state index is 5.31. The molecular weight excluding hydrogens is 142 g/mol. The molecular formula is C8H13NO2. The Kier molecular flexibility index (Phi) is 2.17. The first-order valence-corrected chi connectivity index (χ1v) is 3.61. The van der Waals surface area contributed by atoms with Gasteiger partial charge in [0, 0.05) is 6.07 Å². The Bertz CT molecular complexity index is 198. The molecule has 0 N–H and O–H groups in total. The van der Waals surface area contributed by atoms with E-state index in [0.29, 0.717) is 12.5 Å². The highest BCUT2D eigenvalue weighted by Crippen LogP contribution is 2.15. The van der Waals surface area contributed by atoms with Crippen molar-refractivity contribution in [3.8, 4) is 5.88 Å².